The van der Waals surface area contributed by atoms with Crippen LogP contribution < -0.4 is 14.2 Å². The van der Waals surface area contributed by atoms with Crippen LogP contribution in [0.3, 0.4) is 0 Å². The summed E-state index contributed by atoms with van der Waals surface area (Å²) in [5, 5.41) is 0. The van der Waals surface area contributed by atoms with E-state index in [9.17, 15) is 17.6 Å². The standard InChI is InChI=1S/C12H16N2O.C11H14F4N2O.C11H14N2O.C10H12N2.C9H12BrN.C9H11N3/c1-5-6-7-15-11-9-13-10(8-14-11)12(2,3)4;1-10(2,3)7-4-17-8(5-16-7)18-6-11(14,15)9(12)13;1-5-6-14-10-8-12-9(7-13-10)11(2,3)4;1-10(2,3)9-6-5-8(11-4)7-12-9;1-9(2,3)8-5-4-7(10)6-11-8;1-9(2,3)7-5-12-8(10-4)6-11-7/h8-9H,7H2,1-4H3;4-5,9H,6H2,1-3H3;1,7-8H,6H2,2-4H3;5-7H,1-3H3;4-6H,1-3H3;5-6H,1-3H3. The van der Waals surface area contributed by atoms with Crippen LogP contribution in [0.4, 0.5) is 29.1 Å². The number of hydrogen-bond acceptors (Lipinski definition) is 13. The van der Waals surface area contributed by atoms with Crippen molar-refractivity contribution in [1.29, 1.82) is 0 Å². The van der Waals surface area contributed by atoms with Gasteiger partial charge < -0.3 is 19.1 Å². The SMILES string of the molecule is C#CCOc1cnc(C(C)(C)C)cn1.CC#CCOc1cnc(C(C)(C)C)cn1.CC(C)(C)c1ccc(Br)cn1.CC(C)(C)c1cnc(OCC(F)(F)C(F)F)cn1.[C-]#[N+]c1ccc(C(C)(C)C)nc1.[C-]#[N+]c1cnc(C(C)(C)C)cn1. The Hall–Kier alpha value is -7.68. The first-order chi connectivity index (χ1) is 37.8. The largest absolute Gasteiger partial charge is 0.470 e. The molecule has 0 radical (unpaired) electrons. The Kier molecular flexibility index (Phi) is 28.8. The summed E-state index contributed by atoms with van der Waals surface area (Å²) in [5.74, 6) is 4.87. The number of hydrogen-bond donors (Lipinski definition) is 0. The van der Waals surface area contributed by atoms with E-state index in [0.29, 0.717) is 35.6 Å². The molecule has 0 aromatic carbocycles. The van der Waals surface area contributed by atoms with Crippen molar-refractivity contribution in [2.24, 2.45) is 0 Å². The predicted octanol–water partition coefficient (Wildman–Crippen LogP) is 15.4. The maximum absolute atomic E-state index is 12.6. The van der Waals surface area contributed by atoms with E-state index in [1.807, 2.05) is 45.2 Å². The summed E-state index contributed by atoms with van der Waals surface area (Å²) in [5.41, 5.74) is 6.23. The van der Waals surface area contributed by atoms with Crippen LogP contribution in [0.25, 0.3) is 9.69 Å². The molecule has 20 heteroatoms. The fourth-order valence-electron chi connectivity index (χ4n) is 5.35. The molecule has 0 saturated heterocycles. The van der Waals surface area contributed by atoms with Crippen LogP contribution in [0.15, 0.2) is 90.7 Å². The van der Waals surface area contributed by atoms with Crippen LogP contribution in [-0.2, 0) is 32.5 Å². The van der Waals surface area contributed by atoms with Gasteiger partial charge in [0.25, 0.3) is 5.82 Å². The lowest BCUT2D eigenvalue weighted by Crippen LogP contribution is -2.34. The van der Waals surface area contributed by atoms with Gasteiger partial charge in [0.15, 0.2) is 19.8 Å². The third-order valence-corrected chi connectivity index (χ3v) is 10.8. The van der Waals surface area contributed by atoms with Gasteiger partial charge in [-0.3, -0.25) is 29.9 Å². The molecule has 0 bridgehead atoms. The topological polar surface area (TPSA) is 165 Å². The monoisotopic (exact) mass is 1190 g/mol. The molecule has 440 valence electrons. The summed E-state index contributed by atoms with van der Waals surface area (Å²) < 4.78 is 64.8. The lowest BCUT2D eigenvalue weighted by Gasteiger charge is -2.18. The van der Waals surface area contributed by atoms with Crippen LogP contribution in [0.1, 0.15) is 166 Å². The van der Waals surface area contributed by atoms with Crippen molar-refractivity contribution in [2.75, 3.05) is 19.8 Å². The summed E-state index contributed by atoms with van der Waals surface area (Å²) in [6, 6.07) is 7.78. The van der Waals surface area contributed by atoms with Crippen molar-refractivity contribution in [1.82, 2.24) is 49.8 Å². The highest BCUT2D eigenvalue weighted by atomic mass is 79.9. The van der Waals surface area contributed by atoms with Crippen molar-refractivity contribution < 1.29 is 31.8 Å². The Labute approximate surface area is 492 Å². The molecule has 0 atom stereocenters. The minimum absolute atomic E-state index is 0.00750. The quantitative estimate of drug-likeness (QED) is 0.0804. The highest BCUT2D eigenvalue weighted by Crippen LogP contribution is 2.27. The molecular formula is C62H79BrF4N12O3. The van der Waals surface area contributed by atoms with E-state index in [4.69, 9.17) is 29.0 Å². The second-order valence-corrected chi connectivity index (χ2v) is 24.9. The van der Waals surface area contributed by atoms with Crippen molar-refractivity contribution in [2.45, 2.75) is 176 Å². The number of nitrogens with zero attached hydrogens (tertiary/aromatic N) is 12. The van der Waals surface area contributed by atoms with E-state index < -0.39 is 19.0 Å². The molecule has 0 fully saturated rings. The maximum atomic E-state index is 12.6. The van der Waals surface area contributed by atoms with E-state index in [-0.39, 0.29) is 45.0 Å². The minimum atomic E-state index is -4.19. The fourth-order valence-corrected chi connectivity index (χ4v) is 5.58. The number of ether oxygens (including phenoxy) is 3. The van der Waals surface area contributed by atoms with Crippen molar-refractivity contribution >= 4 is 27.4 Å². The molecule has 15 nitrogen and oxygen atoms in total. The van der Waals surface area contributed by atoms with Gasteiger partial charge in [0.2, 0.25) is 23.3 Å². The van der Waals surface area contributed by atoms with Gasteiger partial charge in [0.05, 0.1) is 72.7 Å². The molecule has 0 saturated carbocycles. The molecule has 6 aromatic heterocycles. The van der Waals surface area contributed by atoms with Crippen LogP contribution in [0.2, 0.25) is 0 Å². The summed E-state index contributed by atoms with van der Waals surface area (Å²) in [6.45, 7) is 51.6. The van der Waals surface area contributed by atoms with Gasteiger partial charge in [0, 0.05) is 60.7 Å². The van der Waals surface area contributed by atoms with E-state index >= 15 is 0 Å². The highest BCUT2D eigenvalue weighted by Gasteiger charge is 2.42. The van der Waals surface area contributed by atoms with Crippen molar-refractivity contribution in [3.8, 4) is 41.8 Å². The zero-order valence-electron chi connectivity index (χ0n) is 50.8. The molecule has 0 aliphatic heterocycles. The molecule has 82 heavy (non-hydrogen) atoms. The Morgan fingerprint density at radius 1 is 0.476 bits per heavy atom. The zero-order chi connectivity index (χ0) is 62.8. The molecule has 0 amide bonds. The zero-order valence-corrected chi connectivity index (χ0v) is 52.4. The molecule has 6 aromatic rings. The lowest BCUT2D eigenvalue weighted by atomic mass is 9.92. The van der Waals surface area contributed by atoms with Gasteiger partial charge >= 0.3 is 12.3 Å². The fraction of sp³-hybridized carbons (Fsp3) is 0.484. The summed E-state index contributed by atoms with van der Waals surface area (Å²) in [7, 11) is 0. The number of terminal acetylenes is 1. The summed E-state index contributed by atoms with van der Waals surface area (Å²) in [6.07, 6.45) is 17.1. The number of aromatic nitrogens is 10. The number of halogens is 5. The molecule has 0 aliphatic carbocycles. The Morgan fingerprint density at radius 3 is 1.12 bits per heavy atom. The Balaban J connectivity index is 0.000000496. The van der Waals surface area contributed by atoms with Crippen LogP contribution in [-0.4, -0.2) is 82.0 Å². The number of pyridine rings is 2. The summed E-state index contributed by atoms with van der Waals surface area (Å²) >= 11 is 3.35. The molecule has 6 heterocycles. The second-order valence-electron chi connectivity index (χ2n) is 24.0. The third kappa shape index (κ3) is 28.6. The van der Waals surface area contributed by atoms with Gasteiger partial charge in [-0.1, -0.05) is 155 Å². The highest BCUT2D eigenvalue weighted by molar-refractivity contribution is 9.10. The molecule has 0 unspecified atom stereocenters. The lowest BCUT2D eigenvalue weighted by molar-refractivity contribution is -0.148. The smallest absolute Gasteiger partial charge is 0.340 e. The molecule has 6 rings (SSSR count). The Bertz CT molecular complexity index is 2940. The maximum Gasteiger partial charge on any atom is 0.340 e. The Morgan fingerprint density at radius 2 is 0.841 bits per heavy atom. The van der Waals surface area contributed by atoms with Crippen LogP contribution >= 0.6 is 15.9 Å². The van der Waals surface area contributed by atoms with Crippen LogP contribution in [0, 0.1) is 37.3 Å². The average molecular weight is 1200 g/mol. The van der Waals surface area contributed by atoms with Crippen molar-refractivity contribution in [3.05, 3.63) is 148 Å². The predicted molar refractivity (Wildman–Crippen MR) is 319 cm³/mol. The van der Waals surface area contributed by atoms with E-state index in [0.717, 1.165) is 39.1 Å². The van der Waals surface area contributed by atoms with E-state index in [1.54, 1.807) is 50.2 Å². The molecule has 0 N–H and O–H groups in total. The van der Waals surface area contributed by atoms with Gasteiger partial charge in [0.1, 0.15) is 6.20 Å². The van der Waals surface area contributed by atoms with Gasteiger partial charge in [-0.2, -0.15) is 8.78 Å². The first-order valence-corrected chi connectivity index (χ1v) is 26.6. The first kappa shape index (κ1) is 72.3. The minimum Gasteiger partial charge on any atom is -0.470 e. The third-order valence-electron chi connectivity index (χ3n) is 10.4. The van der Waals surface area contributed by atoms with Gasteiger partial charge in [-0.15, -0.1) is 17.3 Å². The first-order valence-electron chi connectivity index (χ1n) is 25.8. The number of rotatable bonds is 8. The average Bonchev–Trinajstić information content (AvgIpc) is 3.42. The second kappa shape index (κ2) is 32.7. The summed E-state index contributed by atoms with van der Waals surface area (Å²) in [4.78, 5) is 47.6. The van der Waals surface area contributed by atoms with Crippen LogP contribution in [0.5, 0.6) is 17.6 Å². The molecule has 0 aliphatic rings. The molecular weight excluding hydrogens is 1120 g/mol. The number of alkyl halides is 4. The van der Waals surface area contributed by atoms with Gasteiger partial charge in [-0.25, -0.2) is 28.6 Å². The van der Waals surface area contributed by atoms with Gasteiger partial charge in [-0.05, 0) is 35.0 Å². The van der Waals surface area contributed by atoms with Crippen molar-refractivity contribution in [3.63, 3.8) is 0 Å². The van der Waals surface area contributed by atoms with E-state index in [1.165, 1.54) is 12.4 Å². The molecule has 0 spiro atoms. The normalized spacial score (nSPS) is 11.3. The van der Waals surface area contributed by atoms with E-state index in [2.05, 4.69) is 202 Å².